The van der Waals surface area contributed by atoms with E-state index in [4.69, 9.17) is 22.7 Å². The molecular weight excluding hydrogens is 309 g/mol. The van der Waals surface area contributed by atoms with Gasteiger partial charge < -0.3 is 4.65 Å². The first-order valence-electron chi connectivity index (χ1n) is 6.26. The van der Waals surface area contributed by atoms with E-state index in [9.17, 15) is 0 Å². The summed E-state index contributed by atoms with van der Waals surface area (Å²) in [6.07, 6.45) is 0. The molecule has 1 N–H and O–H groups in total. The van der Waals surface area contributed by atoms with E-state index in [-0.39, 0.29) is 0 Å². The van der Waals surface area contributed by atoms with Crippen molar-refractivity contribution in [2.75, 3.05) is 5.50 Å². The summed E-state index contributed by atoms with van der Waals surface area (Å²) >= 11 is 12.9. The van der Waals surface area contributed by atoms with E-state index in [0.717, 1.165) is 0 Å². The Kier molecular flexibility index (Phi) is 5.24. The van der Waals surface area contributed by atoms with Crippen LogP contribution in [0.25, 0.3) is 0 Å². The zero-order chi connectivity index (χ0) is 13.7. The van der Waals surface area contributed by atoms with Crippen LogP contribution in [0.3, 0.4) is 0 Å². The molecule has 2 aromatic carbocycles. The van der Waals surface area contributed by atoms with Crippen molar-refractivity contribution in [1.82, 2.24) is 4.65 Å². The number of halogens is 2. The molecule has 2 atom stereocenters. The molecule has 5 heteroatoms. The zero-order valence-corrected chi connectivity index (χ0v) is 14.5. The maximum atomic E-state index is 6.79. The van der Waals surface area contributed by atoms with Crippen LogP contribution in [0.1, 0.15) is 0 Å². The third-order valence-electron chi connectivity index (χ3n) is 3.12. The Morgan fingerprint density at radius 3 is 2.05 bits per heavy atom. The summed E-state index contributed by atoms with van der Waals surface area (Å²) in [4.78, 5) is 0. The minimum atomic E-state index is -2.15. The predicted molar refractivity (Wildman–Crippen MR) is 90.6 cm³/mol. The molecule has 0 aliphatic carbocycles. The molecule has 2 unspecified atom stereocenters. The van der Waals surface area contributed by atoms with Crippen molar-refractivity contribution < 1.29 is 0 Å². The summed E-state index contributed by atoms with van der Waals surface area (Å²) in [5.41, 5.74) is 0.645. The fraction of sp³-hybridized carbons (Fsp3) is 0.143. The van der Waals surface area contributed by atoms with Crippen LogP contribution < -0.4 is 15.0 Å². The molecular formula is C14H17Cl2NSi2. The van der Waals surface area contributed by atoms with Gasteiger partial charge in [-0.25, -0.2) is 0 Å². The second kappa shape index (κ2) is 6.72. The second-order valence-electron chi connectivity index (χ2n) is 4.63. The van der Waals surface area contributed by atoms with Gasteiger partial charge in [0.15, 0.2) is 8.96 Å². The van der Waals surface area contributed by atoms with Crippen LogP contribution >= 0.6 is 22.7 Å². The van der Waals surface area contributed by atoms with Gasteiger partial charge in [-0.15, -0.1) is 22.7 Å². The Labute approximate surface area is 127 Å². The van der Waals surface area contributed by atoms with Crippen LogP contribution in [0.2, 0.25) is 6.55 Å². The zero-order valence-electron chi connectivity index (χ0n) is 10.8. The lowest BCUT2D eigenvalue weighted by Crippen LogP contribution is -2.63. The molecule has 0 spiro atoms. The molecule has 0 saturated carbocycles. The predicted octanol–water partition coefficient (Wildman–Crippen LogP) is 2.20. The van der Waals surface area contributed by atoms with Crippen molar-refractivity contribution in [3.63, 3.8) is 0 Å². The maximum Gasteiger partial charge on any atom is 0.248 e. The summed E-state index contributed by atoms with van der Waals surface area (Å²) in [6.45, 7) is 2.12. The highest BCUT2D eigenvalue weighted by Crippen LogP contribution is 2.06. The van der Waals surface area contributed by atoms with E-state index in [2.05, 4.69) is 47.6 Å². The van der Waals surface area contributed by atoms with E-state index in [0.29, 0.717) is 5.50 Å². The quantitative estimate of drug-likeness (QED) is 0.505. The summed E-state index contributed by atoms with van der Waals surface area (Å²) in [5.74, 6) is 0. The smallest absolute Gasteiger partial charge is 0.248 e. The largest absolute Gasteiger partial charge is 0.342 e. The Morgan fingerprint density at radius 2 is 1.53 bits per heavy atom. The highest BCUT2D eigenvalue weighted by Gasteiger charge is 2.31. The molecule has 2 rings (SSSR count). The number of rotatable bonds is 5. The number of nitrogens with one attached hydrogen (secondary N) is 1. The van der Waals surface area contributed by atoms with Gasteiger partial charge in [0.05, 0.1) is 0 Å². The third kappa shape index (κ3) is 3.94. The van der Waals surface area contributed by atoms with Crippen LogP contribution in [0.5, 0.6) is 0 Å². The van der Waals surface area contributed by atoms with Crippen molar-refractivity contribution in [3.8, 4) is 0 Å². The fourth-order valence-corrected chi connectivity index (χ4v) is 10.8. The molecule has 0 aliphatic heterocycles. The average Bonchev–Trinajstić information content (AvgIpc) is 2.47. The number of benzene rings is 2. The highest BCUT2D eigenvalue weighted by atomic mass is 35.6. The average molecular weight is 326 g/mol. The lowest BCUT2D eigenvalue weighted by Gasteiger charge is -2.26. The van der Waals surface area contributed by atoms with Crippen LogP contribution in [0, 0.1) is 0 Å². The molecule has 1 nitrogen and oxygen atoms in total. The molecule has 0 heterocycles. The molecule has 0 aromatic heterocycles. The van der Waals surface area contributed by atoms with Gasteiger partial charge in [-0.1, -0.05) is 60.7 Å². The maximum absolute atomic E-state index is 6.79. The molecule has 0 radical (unpaired) electrons. The van der Waals surface area contributed by atoms with Gasteiger partial charge in [-0.05, 0) is 16.9 Å². The Hall–Kier alpha value is -0.586. The summed E-state index contributed by atoms with van der Waals surface area (Å²) in [6, 6.07) is 20.7. The van der Waals surface area contributed by atoms with E-state index in [1.54, 1.807) is 0 Å². The van der Waals surface area contributed by atoms with Gasteiger partial charge in [0, 0.05) is 5.50 Å². The highest BCUT2D eigenvalue weighted by molar-refractivity contribution is 7.28. The first-order valence-corrected chi connectivity index (χ1v) is 12.3. The molecule has 0 bridgehead atoms. The lowest BCUT2D eigenvalue weighted by atomic mass is 10.4. The fourth-order valence-electron chi connectivity index (χ4n) is 2.06. The van der Waals surface area contributed by atoms with Crippen LogP contribution in [-0.4, -0.2) is 22.0 Å². The van der Waals surface area contributed by atoms with Crippen molar-refractivity contribution in [1.29, 1.82) is 0 Å². The molecule has 2 aromatic rings. The van der Waals surface area contributed by atoms with Crippen LogP contribution in [-0.2, 0) is 0 Å². The monoisotopic (exact) mass is 325 g/mol. The standard InChI is InChI=1S/C14H17Cl2NSi2/c1-19(16,14-10-6-3-7-11-14)17-18(12-15)13-8-4-2-5-9-13/h2-11,17-18H,12H2,1H3. The van der Waals surface area contributed by atoms with Crippen molar-refractivity contribution in [2.45, 2.75) is 6.55 Å². The Balaban J connectivity index is 2.19. The van der Waals surface area contributed by atoms with Gasteiger partial charge in [-0.3, -0.25) is 0 Å². The minimum absolute atomic E-state index is 0.645. The van der Waals surface area contributed by atoms with E-state index in [1.165, 1.54) is 10.4 Å². The first kappa shape index (κ1) is 14.8. The van der Waals surface area contributed by atoms with Crippen molar-refractivity contribution in [2.24, 2.45) is 0 Å². The molecule has 0 fully saturated rings. The molecule has 0 saturated heterocycles. The third-order valence-corrected chi connectivity index (χ3v) is 12.2. The second-order valence-corrected chi connectivity index (χ2v) is 13.6. The molecule has 0 amide bonds. The van der Waals surface area contributed by atoms with E-state index in [1.807, 2.05) is 24.3 Å². The first-order chi connectivity index (χ1) is 9.13. The molecule has 100 valence electrons. The molecule has 19 heavy (non-hydrogen) atoms. The molecule has 0 aliphatic rings. The SMILES string of the molecule is C[Si](Cl)(N[SiH](CCl)c1ccccc1)c1ccccc1. The number of alkyl halides is 1. The summed E-state index contributed by atoms with van der Waals surface area (Å²) in [7, 11) is -3.57. The minimum Gasteiger partial charge on any atom is -0.342 e. The van der Waals surface area contributed by atoms with Crippen LogP contribution in [0.4, 0.5) is 0 Å². The summed E-state index contributed by atoms with van der Waals surface area (Å²) in [5, 5.41) is 2.52. The Morgan fingerprint density at radius 1 is 1.00 bits per heavy atom. The van der Waals surface area contributed by atoms with E-state index >= 15 is 0 Å². The van der Waals surface area contributed by atoms with Crippen LogP contribution in [0.15, 0.2) is 60.7 Å². The van der Waals surface area contributed by atoms with Gasteiger partial charge in [0.1, 0.15) is 0 Å². The van der Waals surface area contributed by atoms with Crippen molar-refractivity contribution in [3.05, 3.63) is 60.7 Å². The Bertz CT molecular complexity index is 505. The number of hydrogen-bond donors (Lipinski definition) is 1. The number of hydrogen-bond acceptors (Lipinski definition) is 1. The normalized spacial score (nSPS) is 15.7. The van der Waals surface area contributed by atoms with Gasteiger partial charge >= 0.3 is 0 Å². The lowest BCUT2D eigenvalue weighted by molar-refractivity contribution is 1.44. The topological polar surface area (TPSA) is 12.0 Å². The van der Waals surface area contributed by atoms with Gasteiger partial charge in [-0.2, -0.15) is 0 Å². The van der Waals surface area contributed by atoms with Gasteiger partial charge in [0.25, 0.3) is 0 Å². The van der Waals surface area contributed by atoms with E-state index < -0.39 is 16.5 Å². The summed E-state index contributed by atoms with van der Waals surface area (Å²) < 4.78 is 3.69. The van der Waals surface area contributed by atoms with Gasteiger partial charge in [0.2, 0.25) is 7.55 Å². The van der Waals surface area contributed by atoms with Crippen molar-refractivity contribution >= 4 is 49.6 Å².